The zero-order chi connectivity index (χ0) is 11.7. The molecule has 0 bridgehead atoms. The summed E-state index contributed by atoms with van der Waals surface area (Å²) in [5.41, 5.74) is -1.07. The topological polar surface area (TPSA) is 89.8 Å². The molecule has 0 radical (unpaired) electrons. The molecule has 90 valence electrons. The molecule has 0 fully saturated rings. The van der Waals surface area contributed by atoms with Gasteiger partial charge in [0.15, 0.2) is 0 Å². The van der Waals surface area contributed by atoms with E-state index in [0.717, 1.165) is 19.4 Å². The number of carbonyl (C=O) groups is 1. The molecule has 0 saturated carbocycles. The van der Waals surface area contributed by atoms with Gasteiger partial charge in [-0.15, -0.1) is 0 Å². The molecular formula is C10H21NO4. The van der Waals surface area contributed by atoms with Gasteiger partial charge in [-0.2, -0.15) is 0 Å². The van der Waals surface area contributed by atoms with Gasteiger partial charge in [-0.05, 0) is 26.3 Å². The predicted molar refractivity (Wildman–Crippen MR) is 56.7 cm³/mol. The maximum atomic E-state index is 10.2. The van der Waals surface area contributed by atoms with Crippen LogP contribution in [0, 0.1) is 0 Å². The lowest BCUT2D eigenvalue weighted by Crippen LogP contribution is -2.41. The van der Waals surface area contributed by atoms with Gasteiger partial charge in [-0.25, -0.2) is 0 Å². The third kappa shape index (κ3) is 9.65. The lowest BCUT2D eigenvalue weighted by Gasteiger charge is -2.20. The molecule has 0 saturated heterocycles. The average molecular weight is 219 g/mol. The van der Waals surface area contributed by atoms with Crippen LogP contribution in [0.3, 0.4) is 0 Å². The Hall–Kier alpha value is -0.650. The maximum Gasteiger partial charge on any atom is 0.303 e. The van der Waals surface area contributed by atoms with E-state index in [1.165, 1.54) is 0 Å². The Morgan fingerprint density at radius 1 is 1.33 bits per heavy atom. The fourth-order valence-corrected chi connectivity index (χ4v) is 1.12. The molecule has 4 N–H and O–H groups in total. The van der Waals surface area contributed by atoms with E-state index in [4.69, 9.17) is 10.2 Å². The third-order valence-electron chi connectivity index (χ3n) is 2.09. The van der Waals surface area contributed by atoms with Crippen molar-refractivity contribution in [2.75, 3.05) is 19.7 Å². The Morgan fingerprint density at radius 2 is 2.00 bits per heavy atom. The number of aliphatic carboxylic acids is 1. The molecule has 0 aromatic carbocycles. The van der Waals surface area contributed by atoms with Gasteiger partial charge in [-0.3, -0.25) is 4.79 Å². The van der Waals surface area contributed by atoms with Crippen LogP contribution in [0.4, 0.5) is 0 Å². The SMILES string of the molecule is CC(O)(CO)CNCCCCCC(=O)O. The van der Waals surface area contributed by atoms with Crippen LogP contribution in [-0.4, -0.2) is 46.6 Å². The summed E-state index contributed by atoms with van der Waals surface area (Å²) in [6, 6.07) is 0. The van der Waals surface area contributed by atoms with Crippen LogP contribution >= 0.6 is 0 Å². The van der Waals surface area contributed by atoms with E-state index < -0.39 is 11.6 Å². The molecule has 0 heterocycles. The van der Waals surface area contributed by atoms with Crippen LogP contribution in [0.2, 0.25) is 0 Å². The highest BCUT2D eigenvalue weighted by atomic mass is 16.4. The van der Waals surface area contributed by atoms with Crippen molar-refractivity contribution in [1.82, 2.24) is 5.32 Å². The first kappa shape index (κ1) is 14.3. The van der Waals surface area contributed by atoms with E-state index in [2.05, 4.69) is 5.32 Å². The number of nitrogens with one attached hydrogen (secondary N) is 1. The number of carboxylic acids is 1. The van der Waals surface area contributed by atoms with Gasteiger partial charge >= 0.3 is 5.97 Å². The Labute approximate surface area is 90.1 Å². The first-order valence-corrected chi connectivity index (χ1v) is 5.24. The summed E-state index contributed by atoms with van der Waals surface area (Å²) < 4.78 is 0. The van der Waals surface area contributed by atoms with E-state index in [0.29, 0.717) is 13.0 Å². The number of carboxylic acid groups (broad SMARTS) is 1. The number of unbranched alkanes of at least 4 members (excludes halogenated alkanes) is 2. The van der Waals surface area contributed by atoms with Crippen molar-refractivity contribution in [2.45, 2.75) is 38.2 Å². The largest absolute Gasteiger partial charge is 0.481 e. The van der Waals surface area contributed by atoms with E-state index in [1.807, 2.05) is 0 Å². The lowest BCUT2D eigenvalue weighted by molar-refractivity contribution is -0.137. The minimum absolute atomic E-state index is 0.217. The summed E-state index contributed by atoms with van der Waals surface area (Å²) in [7, 11) is 0. The first-order valence-electron chi connectivity index (χ1n) is 5.24. The Balaban J connectivity index is 3.22. The van der Waals surface area contributed by atoms with E-state index in [-0.39, 0.29) is 13.0 Å². The Bertz CT molecular complexity index is 182. The monoisotopic (exact) mass is 219 g/mol. The number of hydrogen-bond acceptors (Lipinski definition) is 4. The molecule has 0 spiro atoms. The zero-order valence-corrected chi connectivity index (χ0v) is 9.20. The molecule has 5 heteroatoms. The van der Waals surface area contributed by atoms with Gasteiger partial charge in [0.2, 0.25) is 0 Å². The number of aliphatic hydroxyl groups is 2. The summed E-state index contributed by atoms with van der Waals surface area (Å²) in [6.07, 6.45) is 2.65. The second-order valence-electron chi connectivity index (χ2n) is 4.04. The normalized spacial score (nSPS) is 14.9. The molecule has 5 nitrogen and oxygen atoms in total. The quantitative estimate of drug-likeness (QED) is 0.409. The molecular weight excluding hydrogens is 198 g/mol. The van der Waals surface area contributed by atoms with Crippen LogP contribution in [0.1, 0.15) is 32.6 Å². The summed E-state index contributed by atoms with van der Waals surface area (Å²) in [6.45, 7) is 2.38. The maximum absolute atomic E-state index is 10.2. The average Bonchev–Trinajstić information content (AvgIpc) is 2.16. The molecule has 0 amide bonds. The van der Waals surface area contributed by atoms with E-state index in [1.54, 1.807) is 6.92 Å². The molecule has 1 atom stereocenters. The first-order chi connectivity index (χ1) is 6.98. The van der Waals surface area contributed by atoms with E-state index in [9.17, 15) is 9.90 Å². The van der Waals surface area contributed by atoms with Crippen molar-refractivity contribution >= 4 is 5.97 Å². The van der Waals surface area contributed by atoms with Gasteiger partial charge in [0, 0.05) is 13.0 Å². The molecule has 1 unspecified atom stereocenters. The van der Waals surface area contributed by atoms with Crippen molar-refractivity contribution in [3.8, 4) is 0 Å². The van der Waals surface area contributed by atoms with Gasteiger partial charge in [-0.1, -0.05) is 6.42 Å². The molecule has 0 aromatic heterocycles. The van der Waals surface area contributed by atoms with E-state index >= 15 is 0 Å². The molecule has 0 rings (SSSR count). The molecule has 0 aliphatic rings. The molecule has 0 aromatic rings. The van der Waals surface area contributed by atoms with Crippen molar-refractivity contribution in [3.05, 3.63) is 0 Å². The minimum Gasteiger partial charge on any atom is -0.481 e. The van der Waals surface area contributed by atoms with Crippen LogP contribution in [0.5, 0.6) is 0 Å². The van der Waals surface area contributed by atoms with Crippen LogP contribution in [-0.2, 0) is 4.79 Å². The fourth-order valence-electron chi connectivity index (χ4n) is 1.12. The summed E-state index contributed by atoms with van der Waals surface area (Å²) in [4.78, 5) is 10.2. The highest BCUT2D eigenvalue weighted by Crippen LogP contribution is 2.01. The highest BCUT2D eigenvalue weighted by Gasteiger charge is 2.17. The van der Waals surface area contributed by atoms with Gasteiger partial charge in [0.25, 0.3) is 0 Å². The second-order valence-corrected chi connectivity index (χ2v) is 4.04. The third-order valence-corrected chi connectivity index (χ3v) is 2.09. The molecule has 0 aliphatic carbocycles. The van der Waals surface area contributed by atoms with Gasteiger partial charge < -0.3 is 20.6 Å². The number of rotatable bonds is 9. The second kappa shape index (κ2) is 7.62. The van der Waals surface area contributed by atoms with Crippen molar-refractivity contribution in [2.24, 2.45) is 0 Å². The fraction of sp³-hybridized carbons (Fsp3) is 0.900. The zero-order valence-electron chi connectivity index (χ0n) is 9.20. The number of aliphatic hydroxyl groups excluding tert-OH is 1. The predicted octanol–water partition coefficient (Wildman–Crippen LogP) is -0.0357. The summed E-state index contributed by atoms with van der Waals surface area (Å²) in [5, 5.41) is 29.5. The van der Waals surface area contributed by atoms with Crippen LogP contribution in [0.25, 0.3) is 0 Å². The van der Waals surface area contributed by atoms with Gasteiger partial charge in [0.1, 0.15) is 0 Å². The smallest absolute Gasteiger partial charge is 0.303 e. The van der Waals surface area contributed by atoms with Crippen molar-refractivity contribution in [3.63, 3.8) is 0 Å². The highest BCUT2D eigenvalue weighted by molar-refractivity contribution is 5.66. The standard InChI is InChI=1S/C10H21NO4/c1-10(15,8-12)7-11-6-4-2-3-5-9(13)14/h11-12,15H,2-8H2,1H3,(H,13,14). The Kier molecular flexibility index (Phi) is 7.29. The van der Waals surface area contributed by atoms with Crippen molar-refractivity contribution < 1.29 is 20.1 Å². The minimum atomic E-state index is -1.07. The Morgan fingerprint density at radius 3 is 2.53 bits per heavy atom. The lowest BCUT2D eigenvalue weighted by atomic mass is 10.1. The van der Waals surface area contributed by atoms with Crippen molar-refractivity contribution in [1.29, 1.82) is 0 Å². The summed E-state index contributed by atoms with van der Waals surface area (Å²) in [5.74, 6) is -0.758. The molecule has 15 heavy (non-hydrogen) atoms. The molecule has 0 aliphatic heterocycles. The van der Waals surface area contributed by atoms with Crippen LogP contribution in [0.15, 0.2) is 0 Å². The number of hydrogen-bond donors (Lipinski definition) is 4. The summed E-state index contributed by atoms with van der Waals surface area (Å²) >= 11 is 0. The van der Waals surface area contributed by atoms with Gasteiger partial charge in [0.05, 0.1) is 12.2 Å². The van der Waals surface area contributed by atoms with Crippen LogP contribution < -0.4 is 5.32 Å².